The lowest BCUT2D eigenvalue weighted by molar-refractivity contribution is 0.132. The van der Waals surface area contributed by atoms with Gasteiger partial charge in [-0.1, -0.05) is 19.9 Å². The summed E-state index contributed by atoms with van der Waals surface area (Å²) in [4.78, 5) is 4.26. The standard InChI is InChI=1S/C13H22N2O/c1-11(2)6-9-16-10-8-15-13-12(3)5-4-7-14-13/h4-5,7,11H,6,8-10H2,1-3H3,(H,14,15). The molecular formula is C13H22N2O. The highest BCUT2D eigenvalue weighted by molar-refractivity contribution is 5.42. The van der Waals surface area contributed by atoms with Crippen LogP contribution in [0.5, 0.6) is 0 Å². The van der Waals surface area contributed by atoms with Crippen LogP contribution in [0.2, 0.25) is 0 Å². The topological polar surface area (TPSA) is 34.2 Å². The Labute approximate surface area is 98.2 Å². The fraction of sp³-hybridized carbons (Fsp3) is 0.615. The molecule has 90 valence electrons. The SMILES string of the molecule is Cc1cccnc1NCCOCCC(C)C. The molecule has 0 amide bonds. The van der Waals surface area contributed by atoms with E-state index in [4.69, 9.17) is 4.74 Å². The molecule has 0 aromatic carbocycles. The van der Waals surface area contributed by atoms with E-state index in [1.807, 2.05) is 6.07 Å². The molecule has 3 nitrogen and oxygen atoms in total. The number of nitrogens with one attached hydrogen (secondary N) is 1. The highest BCUT2D eigenvalue weighted by Gasteiger charge is 1.97. The number of aryl methyl sites for hydroxylation is 1. The Morgan fingerprint density at radius 3 is 2.88 bits per heavy atom. The fourth-order valence-electron chi connectivity index (χ4n) is 1.33. The molecule has 0 saturated heterocycles. The van der Waals surface area contributed by atoms with E-state index in [9.17, 15) is 0 Å². The molecule has 0 fully saturated rings. The van der Waals surface area contributed by atoms with Crippen molar-refractivity contribution in [1.82, 2.24) is 4.98 Å². The number of rotatable bonds is 7. The van der Waals surface area contributed by atoms with Crippen molar-refractivity contribution in [2.24, 2.45) is 5.92 Å². The summed E-state index contributed by atoms with van der Waals surface area (Å²) in [5.74, 6) is 1.67. The van der Waals surface area contributed by atoms with Gasteiger partial charge in [0.1, 0.15) is 5.82 Å². The van der Waals surface area contributed by atoms with Crippen LogP contribution >= 0.6 is 0 Å². The molecule has 0 bridgehead atoms. The largest absolute Gasteiger partial charge is 0.380 e. The Bertz CT molecular complexity index is 300. The van der Waals surface area contributed by atoms with Gasteiger partial charge in [0.2, 0.25) is 0 Å². The molecule has 1 heterocycles. The molecule has 1 rings (SSSR count). The Kier molecular flexibility index (Phi) is 5.86. The summed E-state index contributed by atoms with van der Waals surface area (Å²) in [5, 5.41) is 3.26. The zero-order chi connectivity index (χ0) is 11.8. The van der Waals surface area contributed by atoms with Gasteiger partial charge in [-0.05, 0) is 30.9 Å². The normalized spacial score (nSPS) is 10.8. The van der Waals surface area contributed by atoms with Crippen molar-refractivity contribution in [2.45, 2.75) is 27.2 Å². The summed E-state index contributed by atoms with van der Waals surface area (Å²) in [6.07, 6.45) is 2.93. The Balaban J connectivity index is 2.10. The van der Waals surface area contributed by atoms with Crippen molar-refractivity contribution < 1.29 is 4.74 Å². The highest BCUT2D eigenvalue weighted by atomic mass is 16.5. The van der Waals surface area contributed by atoms with Crippen molar-refractivity contribution in [3.05, 3.63) is 23.9 Å². The summed E-state index contributed by atoms with van der Waals surface area (Å²) < 4.78 is 5.52. The Morgan fingerprint density at radius 1 is 1.38 bits per heavy atom. The van der Waals surface area contributed by atoms with Crippen LogP contribution in [0, 0.1) is 12.8 Å². The molecule has 0 atom stereocenters. The maximum atomic E-state index is 5.52. The van der Waals surface area contributed by atoms with Crippen molar-refractivity contribution >= 4 is 5.82 Å². The van der Waals surface area contributed by atoms with Crippen LogP contribution in [-0.4, -0.2) is 24.7 Å². The molecule has 0 aliphatic heterocycles. The van der Waals surface area contributed by atoms with Gasteiger partial charge in [-0.3, -0.25) is 0 Å². The van der Waals surface area contributed by atoms with Crippen molar-refractivity contribution in [2.75, 3.05) is 25.1 Å². The van der Waals surface area contributed by atoms with Gasteiger partial charge in [0.25, 0.3) is 0 Å². The van der Waals surface area contributed by atoms with E-state index in [2.05, 4.69) is 37.1 Å². The van der Waals surface area contributed by atoms with Crippen molar-refractivity contribution in [3.8, 4) is 0 Å². The first kappa shape index (κ1) is 13.0. The number of ether oxygens (including phenoxy) is 1. The monoisotopic (exact) mass is 222 g/mol. The molecule has 0 unspecified atom stereocenters. The van der Waals surface area contributed by atoms with Gasteiger partial charge in [-0.15, -0.1) is 0 Å². The molecule has 0 aliphatic carbocycles. The summed E-state index contributed by atoms with van der Waals surface area (Å²) in [6.45, 7) is 8.87. The first-order valence-corrected chi connectivity index (χ1v) is 5.93. The molecule has 0 aliphatic rings. The molecule has 1 N–H and O–H groups in total. The van der Waals surface area contributed by atoms with Gasteiger partial charge in [-0.2, -0.15) is 0 Å². The first-order chi connectivity index (χ1) is 7.70. The zero-order valence-corrected chi connectivity index (χ0v) is 10.5. The van der Waals surface area contributed by atoms with Crippen LogP contribution < -0.4 is 5.32 Å². The Hall–Kier alpha value is -1.09. The predicted octanol–water partition coefficient (Wildman–Crippen LogP) is 2.86. The third-order valence-electron chi connectivity index (χ3n) is 2.39. The van der Waals surface area contributed by atoms with Crippen molar-refractivity contribution in [3.63, 3.8) is 0 Å². The van der Waals surface area contributed by atoms with E-state index in [0.717, 1.165) is 32.0 Å². The zero-order valence-electron chi connectivity index (χ0n) is 10.5. The smallest absolute Gasteiger partial charge is 0.128 e. The third-order valence-corrected chi connectivity index (χ3v) is 2.39. The summed E-state index contributed by atoms with van der Waals surface area (Å²) in [6, 6.07) is 3.99. The van der Waals surface area contributed by atoms with E-state index in [1.54, 1.807) is 6.20 Å². The minimum Gasteiger partial charge on any atom is -0.380 e. The van der Waals surface area contributed by atoms with E-state index in [1.165, 1.54) is 5.56 Å². The average molecular weight is 222 g/mol. The van der Waals surface area contributed by atoms with Gasteiger partial charge in [0, 0.05) is 19.3 Å². The first-order valence-electron chi connectivity index (χ1n) is 5.93. The molecule has 0 spiro atoms. The second-order valence-electron chi connectivity index (χ2n) is 4.39. The van der Waals surface area contributed by atoms with Crippen LogP contribution in [0.15, 0.2) is 18.3 Å². The number of anilines is 1. The minimum atomic E-state index is 0.714. The Morgan fingerprint density at radius 2 is 2.19 bits per heavy atom. The van der Waals surface area contributed by atoms with Gasteiger partial charge >= 0.3 is 0 Å². The number of hydrogen-bond acceptors (Lipinski definition) is 3. The average Bonchev–Trinajstić information content (AvgIpc) is 2.25. The summed E-state index contributed by atoms with van der Waals surface area (Å²) >= 11 is 0. The lowest BCUT2D eigenvalue weighted by atomic mass is 10.1. The van der Waals surface area contributed by atoms with Crippen LogP contribution in [0.25, 0.3) is 0 Å². The molecule has 0 radical (unpaired) electrons. The second-order valence-corrected chi connectivity index (χ2v) is 4.39. The molecule has 16 heavy (non-hydrogen) atoms. The molecule has 1 aromatic rings. The number of nitrogens with zero attached hydrogens (tertiary/aromatic N) is 1. The van der Waals surface area contributed by atoms with Gasteiger partial charge in [-0.25, -0.2) is 4.98 Å². The molecular weight excluding hydrogens is 200 g/mol. The van der Waals surface area contributed by atoms with Crippen LogP contribution in [0.1, 0.15) is 25.8 Å². The van der Waals surface area contributed by atoms with E-state index >= 15 is 0 Å². The van der Waals surface area contributed by atoms with Crippen molar-refractivity contribution in [1.29, 1.82) is 0 Å². The number of aromatic nitrogens is 1. The summed E-state index contributed by atoms with van der Waals surface area (Å²) in [7, 11) is 0. The van der Waals surface area contributed by atoms with Gasteiger partial charge in [0.15, 0.2) is 0 Å². The number of hydrogen-bond donors (Lipinski definition) is 1. The van der Waals surface area contributed by atoms with Crippen LogP contribution in [-0.2, 0) is 4.74 Å². The fourth-order valence-corrected chi connectivity index (χ4v) is 1.33. The number of pyridine rings is 1. The lowest BCUT2D eigenvalue weighted by Gasteiger charge is -2.09. The van der Waals surface area contributed by atoms with E-state index in [-0.39, 0.29) is 0 Å². The van der Waals surface area contributed by atoms with Crippen LogP contribution in [0.3, 0.4) is 0 Å². The molecule has 1 aromatic heterocycles. The van der Waals surface area contributed by atoms with Crippen LogP contribution in [0.4, 0.5) is 5.82 Å². The molecule has 3 heteroatoms. The summed E-state index contributed by atoms with van der Waals surface area (Å²) in [5.41, 5.74) is 1.17. The predicted molar refractivity (Wildman–Crippen MR) is 67.7 cm³/mol. The second kappa shape index (κ2) is 7.23. The van der Waals surface area contributed by atoms with Gasteiger partial charge in [0.05, 0.1) is 6.61 Å². The maximum absolute atomic E-state index is 5.52. The van der Waals surface area contributed by atoms with E-state index in [0.29, 0.717) is 5.92 Å². The molecule has 0 saturated carbocycles. The maximum Gasteiger partial charge on any atom is 0.128 e. The quantitative estimate of drug-likeness (QED) is 0.720. The van der Waals surface area contributed by atoms with E-state index < -0.39 is 0 Å². The highest BCUT2D eigenvalue weighted by Crippen LogP contribution is 2.08. The minimum absolute atomic E-state index is 0.714. The third kappa shape index (κ3) is 5.12. The lowest BCUT2D eigenvalue weighted by Crippen LogP contribution is -2.12. The van der Waals surface area contributed by atoms with Gasteiger partial charge < -0.3 is 10.1 Å².